The van der Waals surface area contributed by atoms with Gasteiger partial charge in [0.15, 0.2) is 0 Å². The fourth-order valence-electron chi connectivity index (χ4n) is 2.67. The summed E-state index contributed by atoms with van der Waals surface area (Å²) in [6.45, 7) is 7.11. The van der Waals surface area contributed by atoms with E-state index in [4.69, 9.17) is 0 Å². The molecule has 1 rings (SSSR count). The molecule has 1 fully saturated rings. The molecule has 0 radical (unpaired) electrons. The highest BCUT2D eigenvalue weighted by atomic mass is 14.9. The molecule has 0 bridgehead atoms. The Morgan fingerprint density at radius 1 is 1.38 bits per heavy atom. The molecule has 0 aromatic rings. The van der Waals surface area contributed by atoms with Gasteiger partial charge in [-0.25, -0.2) is 0 Å². The van der Waals surface area contributed by atoms with Crippen LogP contribution in [0.25, 0.3) is 0 Å². The topological polar surface area (TPSA) is 12.0 Å². The molecule has 0 aliphatic heterocycles. The van der Waals surface area contributed by atoms with E-state index in [0.29, 0.717) is 0 Å². The number of hydrogen-bond donors (Lipinski definition) is 1. The highest BCUT2D eigenvalue weighted by molar-refractivity contribution is 4.86. The van der Waals surface area contributed by atoms with Gasteiger partial charge in [-0.1, -0.05) is 27.2 Å². The SMILES string of the molecule is CCC(C)CC1CCC(NC)C1C. The van der Waals surface area contributed by atoms with E-state index in [9.17, 15) is 0 Å². The van der Waals surface area contributed by atoms with Gasteiger partial charge < -0.3 is 5.32 Å². The largest absolute Gasteiger partial charge is 0.317 e. The lowest BCUT2D eigenvalue weighted by molar-refractivity contribution is 0.302. The molecule has 0 aromatic carbocycles. The van der Waals surface area contributed by atoms with Gasteiger partial charge in [0.2, 0.25) is 0 Å². The first-order valence-electron chi connectivity index (χ1n) is 5.86. The summed E-state index contributed by atoms with van der Waals surface area (Å²) in [6.07, 6.45) is 5.61. The van der Waals surface area contributed by atoms with Crippen LogP contribution in [0.1, 0.15) is 46.5 Å². The molecule has 1 aliphatic carbocycles. The molecule has 0 saturated heterocycles. The number of nitrogens with one attached hydrogen (secondary N) is 1. The smallest absolute Gasteiger partial charge is 0.00924 e. The predicted molar refractivity (Wildman–Crippen MR) is 58.8 cm³/mol. The Morgan fingerprint density at radius 3 is 2.54 bits per heavy atom. The van der Waals surface area contributed by atoms with Crippen LogP contribution in [0.5, 0.6) is 0 Å². The van der Waals surface area contributed by atoms with E-state index in [2.05, 4.69) is 33.1 Å². The van der Waals surface area contributed by atoms with Crippen molar-refractivity contribution in [1.82, 2.24) is 5.32 Å². The van der Waals surface area contributed by atoms with E-state index in [0.717, 1.165) is 23.8 Å². The summed E-state index contributed by atoms with van der Waals surface area (Å²) in [5.41, 5.74) is 0. The minimum atomic E-state index is 0.786. The van der Waals surface area contributed by atoms with Gasteiger partial charge in [0.05, 0.1) is 0 Å². The van der Waals surface area contributed by atoms with Crippen LogP contribution >= 0.6 is 0 Å². The molecule has 4 unspecified atom stereocenters. The molecule has 1 aliphatic rings. The lowest BCUT2D eigenvalue weighted by Gasteiger charge is -2.22. The average Bonchev–Trinajstić information content (AvgIpc) is 2.48. The molecule has 78 valence electrons. The van der Waals surface area contributed by atoms with Crippen LogP contribution in [0.2, 0.25) is 0 Å². The van der Waals surface area contributed by atoms with E-state index in [1.54, 1.807) is 0 Å². The van der Waals surface area contributed by atoms with Crippen molar-refractivity contribution in [3.05, 3.63) is 0 Å². The van der Waals surface area contributed by atoms with Crippen molar-refractivity contribution in [3.8, 4) is 0 Å². The van der Waals surface area contributed by atoms with E-state index < -0.39 is 0 Å². The highest BCUT2D eigenvalue weighted by Crippen LogP contribution is 2.36. The van der Waals surface area contributed by atoms with Gasteiger partial charge in [0.25, 0.3) is 0 Å². The maximum atomic E-state index is 3.43. The summed E-state index contributed by atoms with van der Waals surface area (Å²) in [5.74, 6) is 2.79. The van der Waals surface area contributed by atoms with Crippen LogP contribution in [0, 0.1) is 17.8 Å². The molecule has 0 amide bonds. The van der Waals surface area contributed by atoms with E-state index in [-0.39, 0.29) is 0 Å². The van der Waals surface area contributed by atoms with Gasteiger partial charge in [0.1, 0.15) is 0 Å². The first-order valence-corrected chi connectivity index (χ1v) is 5.86. The van der Waals surface area contributed by atoms with Crippen molar-refractivity contribution in [2.24, 2.45) is 17.8 Å². The van der Waals surface area contributed by atoms with Crippen molar-refractivity contribution in [2.75, 3.05) is 7.05 Å². The van der Waals surface area contributed by atoms with Crippen molar-refractivity contribution >= 4 is 0 Å². The summed E-state index contributed by atoms with van der Waals surface area (Å²) in [4.78, 5) is 0. The molecule has 13 heavy (non-hydrogen) atoms. The van der Waals surface area contributed by atoms with Crippen LogP contribution in [-0.4, -0.2) is 13.1 Å². The first-order chi connectivity index (χ1) is 6.19. The van der Waals surface area contributed by atoms with Gasteiger partial charge in [-0.05, 0) is 44.1 Å². The molecule has 1 nitrogen and oxygen atoms in total. The van der Waals surface area contributed by atoms with Gasteiger partial charge in [-0.3, -0.25) is 0 Å². The number of rotatable bonds is 4. The minimum Gasteiger partial charge on any atom is -0.317 e. The zero-order valence-electron chi connectivity index (χ0n) is 9.64. The van der Waals surface area contributed by atoms with Crippen LogP contribution in [-0.2, 0) is 0 Å². The zero-order valence-corrected chi connectivity index (χ0v) is 9.64. The third kappa shape index (κ3) is 2.70. The van der Waals surface area contributed by atoms with Crippen LogP contribution in [0.15, 0.2) is 0 Å². The maximum Gasteiger partial charge on any atom is 0.00924 e. The Hall–Kier alpha value is -0.0400. The Kier molecular flexibility index (Phi) is 4.24. The Labute approximate surface area is 83.3 Å². The predicted octanol–water partition coefficient (Wildman–Crippen LogP) is 3.06. The van der Waals surface area contributed by atoms with Crippen LogP contribution in [0.4, 0.5) is 0 Å². The molecule has 1 N–H and O–H groups in total. The van der Waals surface area contributed by atoms with Crippen LogP contribution < -0.4 is 5.32 Å². The molecule has 1 heteroatoms. The summed E-state index contributed by atoms with van der Waals surface area (Å²) in [5, 5.41) is 3.43. The van der Waals surface area contributed by atoms with Gasteiger partial charge in [-0.2, -0.15) is 0 Å². The Balaban J connectivity index is 2.36. The third-order valence-electron chi connectivity index (χ3n) is 4.00. The minimum absolute atomic E-state index is 0.786. The Morgan fingerprint density at radius 2 is 2.08 bits per heavy atom. The second-order valence-electron chi connectivity index (χ2n) is 4.84. The van der Waals surface area contributed by atoms with E-state index in [1.807, 2.05) is 0 Å². The standard InChI is InChI=1S/C12H25N/c1-5-9(2)8-11-6-7-12(13-4)10(11)3/h9-13H,5-8H2,1-4H3. The normalized spacial score (nSPS) is 36.5. The average molecular weight is 183 g/mol. The second-order valence-corrected chi connectivity index (χ2v) is 4.84. The van der Waals surface area contributed by atoms with Gasteiger partial charge in [0, 0.05) is 6.04 Å². The zero-order chi connectivity index (χ0) is 9.84. The first kappa shape index (κ1) is 11.0. The maximum absolute atomic E-state index is 3.43. The lowest BCUT2D eigenvalue weighted by atomic mass is 9.86. The molecule has 0 spiro atoms. The summed E-state index contributed by atoms with van der Waals surface area (Å²) in [7, 11) is 2.10. The monoisotopic (exact) mass is 183 g/mol. The van der Waals surface area contributed by atoms with E-state index >= 15 is 0 Å². The lowest BCUT2D eigenvalue weighted by Crippen LogP contribution is -2.29. The van der Waals surface area contributed by atoms with Gasteiger partial charge in [-0.15, -0.1) is 0 Å². The molecule has 0 heterocycles. The van der Waals surface area contributed by atoms with Gasteiger partial charge >= 0.3 is 0 Å². The number of hydrogen-bond acceptors (Lipinski definition) is 1. The fraction of sp³-hybridized carbons (Fsp3) is 1.00. The van der Waals surface area contributed by atoms with Crippen molar-refractivity contribution in [3.63, 3.8) is 0 Å². The molecule has 4 atom stereocenters. The quantitative estimate of drug-likeness (QED) is 0.706. The van der Waals surface area contributed by atoms with Crippen molar-refractivity contribution < 1.29 is 0 Å². The van der Waals surface area contributed by atoms with E-state index in [1.165, 1.54) is 25.7 Å². The summed E-state index contributed by atoms with van der Waals surface area (Å²) in [6, 6.07) is 0.786. The van der Waals surface area contributed by atoms with Crippen molar-refractivity contribution in [2.45, 2.75) is 52.5 Å². The van der Waals surface area contributed by atoms with Crippen LogP contribution in [0.3, 0.4) is 0 Å². The fourth-order valence-corrected chi connectivity index (χ4v) is 2.67. The highest BCUT2D eigenvalue weighted by Gasteiger charge is 2.31. The molecular weight excluding hydrogens is 158 g/mol. The second kappa shape index (κ2) is 4.99. The molecule has 0 aromatic heterocycles. The summed E-state index contributed by atoms with van der Waals surface area (Å²) >= 11 is 0. The molecular formula is C12H25N. The Bertz CT molecular complexity index is 144. The van der Waals surface area contributed by atoms with Crippen molar-refractivity contribution in [1.29, 1.82) is 0 Å². The molecule has 1 saturated carbocycles. The summed E-state index contributed by atoms with van der Waals surface area (Å²) < 4.78 is 0. The third-order valence-corrected chi connectivity index (χ3v) is 4.00.